The minimum atomic E-state index is -3.52. The number of benzene rings is 1. The first kappa shape index (κ1) is 14.7. The van der Waals surface area contributed by atoms with Crippen LogP contribution in [0.4, 0.5) is 0 Å². The Balaban J connectivity index is 2.76. The van der Waals surface area contributed by atoms with Gasteiger partial charge in [0.05, 0.1) is 30.3 Å². The molecule has 0 amide bonds. The van der Waals surface area contributed by atoms with Gasteiger partial charge in [0, 0.05) is 0 Å². The molecule has 0 saturated heterocycles. The minimum absolute atomic E-state index is 0.110. The highest BCUT2D eigenvalue weighted by molar-refractivity contribution is 7.91. The molecule has 1 aromatic carbocycles. The molecule has 0 aromatic heterocycles. The lowest BCUT2D eigenvalue weighted by Gasteiger charge is -2.05. The van der Waals surface area contributed by atoms with E-state index in [1.165, 1.54) is 12.1 Å². The van der Waals surface area contributed by atoms with E-state index < -0.39 is 15.8 Å². The van der Waals surface area contributed by atoms with Gasteiger partial charge in [-0.05, 0) is 24.6 Å². The van der Waals surface area contributed by atoms with Crippen LogP contribution in [-0.4, -0.2) is 31.9 Å². The average molecular weight is 272 g/mol. The predicted octanol–water partition coefficient (Wildman–Crippen LogP) is 0.906. The molecular weight excluding hydrogens is 256 g/mol. The maximum absolute atomic E-state index is 11.9. The number of carbonyl (C=O) groups excluding carboxylic acids is 1. The first-order valence-electron chi connectivity index (χ1n) is 5.57. The fourth-order valence-corrected chi connectivity index (χ4v) is 2.69. The van der Waals surface area contributed by atoms with Crippen LogP contribution in [-0.2, 0) is 26.0 Å². The number of hydrogen-bond acceptors (Lipinski definition) is 5. The van der Waals surface area contributed by atoms with Crippen LogP contribution in [0.3, 0.4) is 0 Å². The third kappa shape index (κ3) is 4.12. The highest BCUT2D eigenvalue weighted by Crippen LogP contribution is 2.14. The number of esters is 1. The summed E-state index contributed by atoms with van der Waals surface area (Å²) < 4.78 is 28.5. The number of ether oxygens (including phenoxy) is 1. The van der Waals surface area contributed by atoms with Crippen LogP contribution in [0, 0.1) is 0 Å². The average Bonchev–Trinajstić information content (AvgIpc) is 2.37. The zero-order valence-electron chi connectivity index (χ0n) is 10.1. The van der Waals surface area contributed by atoms with Crippen molar-refractivity contribution in [1.82, 2.24) is 0 Å². The maximum Gasteiger partial charge on any atom is 0.306 e. The summed E-state index contributed by atoms with van der Waals surface area (Å²) in [6.07, 6.45) is -0.167. The van der Waals surface area contributed by atoms with Gasteiger partial charge in [0.2, 0.25) is 0 Å². The third-order valence-electron chi connectivity index (χ3n) is 2.32. The topological polar surface area (TPSA) is 80.7 Å². The van der Waals surface area contributed by atoms with Crippen LogP contribution < -0.4 is 0 Å². The molecule has 0 unspecified atom stereocenters. The lowest BCUT2D eigenvalue weighted by molar-refractivity contribution is -0.142. The second-order valence-electron chi connectivity index (χ2n) is 3.68. The number of rotatable bonds is 6. The number of aliphatic hydroxyl groups excluding tert-OH is 1. The van der Waals surface area contributed by atoms with Crippen LogP contribution in [0.15, 0.2) is 29.2 Å². The highest BCUT2D eigenvalue weighted by Gasteiger charge is 2.17. The molecule has 0 saturated carbocycles. The van der Waals surface area contributed by atoms with Gasteiger partial charge in [-0.1, -0.05) is 12.1 Å². The minimum Gasteiger partial charge on any atom is -0.466 e. The highest BCUT2D eigenvalue weighted by atomic mass is 32.2. The molecule has 18 heavy (non-hydrogen) atoms. The largest absolute Gasteiger partial charge is 0.466 e. The number of sulfone groups is 1. The number of carbonyl (C=O) groups is 1. The SMILES string of the molecule is CCOC(=O)CCS(=O)(=O)c1cccc(CO)c1. The van der Waals surface area contributed by atoms with Gasteiger partial charge < -0.3 is 9.84 Å². The van der Waals surface area contributed by atoms with Crippen LogP contribution in [0.25, 0.3) is 0 Å². The Bertz CT molecular complexity index is 507. The van der Waals surface area contributed by atoms with Gasteiger partial charge in [-0.3, -0.25) is 4.79 Å². The Kier molecular flexibility index (Phi) is 5.30. The van der Waals surface area contributed by atoms with Gasteiger partial charge in [-0.15, -0.1) is 0 Å². The smallest absolute Gasteiger partial charge is 0.306 e. The van der Waals surface area contributed by atoms with Crippen LogP contribution >= 0.6 is 0 Å². The van der Waals surface area contributed by atoms with Gasteiger partial charge >= 0.3 is 5.97 Å². The van der Waals surface area contributed by atoms with E-state index in [1.807, 2.05) is 0 Å². The van der Waals surface area contributed by atoms with E-state index in [0.29, 0.717) is 5.56 Å². The molecule has 0 atom stereocenters. The zero-order chi connectivity index (χ0) is 13.6. The molecule has 0 radical (unpaired) electrons. The lowest BCUT2D eigenvalue weighted by atomic mass is 10.2. The van der Waals surface area contributed by atoms with Gasteiger partial charge in [0.1, 0.15) is 0 Å². The first-order chi connectivity index (χ1) is 8.49. The Labute approximate surface area is 106 Å². The molecule has 1 N–H and O–H groups in total. The maximum atomic E-state index is 11.9. The van der Waals surface area contributed by atoms with Crippen molar-refractivity contribution in [2.24, 2.45) is 0 Å². The Morgan fingerprint density at radius 1 is 1.39 bits per heavy atom. The van der Waals surface area contributed by atoms with E-state index in [0.717, 1.165) is 0 Å². The van der Waals surface area contributed by atoms with Crippen LogP contribution in [0.5, 0.6) is 0 Å². The van der Waals surface area contributed by atoms with Gasteiger partial charge in [-0.25, -0.2) is 8.42 Å². The molecule has 0 heterocycles. The summed E-state index contributed by atoms with van der Waals surface area (Å²) in [5, 5.41) is 8.95. The molecule has 1 rings (SSSR count). The first-order valence-corrected chi connectivity index (χ1v) is 7.23. The fraction of sp³-hybridized carbons (Fsp3) is 0.417. The van der Waals surface area contributed by atoms with Crippen molar-refractivity contribution >= 4 is 15.8 Å². The summed E-state index contributed by atoms with van der Waals surface area (Å²) in [6.45, 7) is 1.68. The van der Waals surface area contributed by atoms with Crippen molar-refractivity contribution in [3.05, 3.63) is 29.8 Å². The summed E-state index contributed by atoms with van der Waals surface area (Å²) in [5.74, 6) is -0.819. The third-order valence-corrected chi connectivity index (χ3v) is 4.03. The molecule has 5 nitrogen and oxygen atoms in total. The molecular formula is C12H16O5S. The van der Waals surface area contributed by atoms with Crippen molar-refractivity contribution in [2.45, 2.75) is 24.8 Å². The normalized spacial score (nSPS) is 11.2. The van der Waals surface area contributed by atoms with Crippen molar-refractivity contribution in [1.29, 1.82) is 0 Å². The number of hydrogen-bond donors (Lipinski definition) is 1. The van der Waals surface area contributed by atoms with Crippen molar-refractivity contribution < 1.29 is 23.1 Å². The second-order valence-corrected chi connectivity index (χ2v) is 5.79. The van der Waals surface area contributed by atoms with Crippen molar-refractivity contribution in [3.8, 4) is 0 Å². The standard InChI is InChI=1S/C12H16O5S/c1-2-17-12(14)6-7-18(15,16)11-5-3-4-10(8-11)9-13/h3-5,8,13H,2,6-7,9H2,1H3. The molecule has 1 aromatic rings. The summed E-state index contributed by atoms with van der Waals surface area (Å²) in [5.41, 5.74) is 0.521. The molecule has 6 heteroatoms. The van der Waals surface area contributed by atoms with E-state index in [1.54, 1.807) is 19.1 Å². The lowest BCUT2D eigenvalue weighted by Crippen LogP contribution is -2.13. The quantitative estimate of drug-likeness (QED) is 0.778. The fourth-order valence-electron chi connectivity index (χ4n) is 1.41. The van der Waals surface area contributed by atoms with Crippen LogP contribution in [0.2, 0.25) is 0 Å². The Morgan fingerprint density at radius 3 is 2.72 bits per heavy atom. The molecule has 0 bridgehead atoms. The molecule has 100 valence electrons. The zero-order valence-corrected chi connectivity index (χ0v) is 10.9. The molecule has 0 aliphatic rings. The summed E-state index contributed by atoms with van der Waals surface area (Å²) in [6, 6.07) is 6.04. The number of aliphatic hydroxyl groups is 1. The molecule has 0 aliphatic heterocycles. The van der Waals surface area contributed by atoms with Crippen molar-refractivity contribution in [2.75, 3.05) is 12.4 Å². The van der Waals surface area contributed by atoms with Gasteiger partial charge in [0.25, 0.3) is 0 Å². The molecule has 0 fully saturated rings. The van der Waals surface area contributed by atoms with Crippen molar-refractivity contribution in [3.63, 3.8) is 0 Å². The molecule has 0 spiro atoms. The van der Waals surface area contributed by atoms with Crippen LogP contribution in [0.1, 0.15) is 18.9 Å². The Morgan fingerprint density at radius 2 is 2.11 bits per heavy atom. The van der Waals surface area contributed by atoms with E-state index in [9.17, 15) is 13.2 Å². The monoisotopic (exact) mass is 272 g/mol. The van der Waals surface area contributed by atoms with Gasteiger partial charge in [0.15, 0.2) is 9.84 Å². The predicted molar refractivity (Wildman–Crippen MR) is 65.7 cm³/mol. The van der Waals surface area contributed by atoms with E-state index in [-0.39, 0.29) is 30.3 Å². The summed E-state index contributed by atoms with van der Waals surface area (Å²) >= 11 is 0. The van der Waals surface area contributed by atoms with E-state index in [2.05, 4.69) is 4.74 Å². The van der Waals surface area contributed by atoms with E-state index >= 15 is 0 Å². The summed E-state index contributed by atoms with van der Waals surface area (Å²) in [4.78, 5) is 11.2. The second kappa shape index (κ2) is 6.51. The Hall–Kier alpha value is -1.40. The molecule has 0 aliphatic carbocycles. The summed E-state index contributed by atoms with van der Waals surface area (Å²) in [7, 11) is -3.52. The van der Waals surface area contributed by atoms with Gasteiger partial charge in [-0.2, -0.15) is 0 Å². The van der Waals surface area contributed by atoms with E-state index in [4.69, 9.17) is 5.11 Å².